The third kappa shape index (κ3) is 3.95. The Kier molecular flexibility index (Phi) is 5.84. The second-order valence-electron chi connectivity index (χ2n) is 6.95. The molecule has 0 fully saturated rings. The van der Waals surface area contributed by atoms with Gasteiger partial charge in [-0.05, 0) is 37.3 Å². The quantitative estimate of drug-likeness (QED) is 0.749. The first-order chi connectivity index (χ1) is 12.1. The molecule has 0 aliphatic rings. The number of methoxy groups -OCH3 is 1. The minimum atomic E-state index is -0.690. The van der Waals surface area contributed by atoms with E-state index in [1.807, 2.05) is 13.8 Å². The molecule has 0 saturated carbocycles. The lowest BCUT2D eigenvalue weighted by Crippen LogP contribution is -2.43. The molecular formula is C18H26N4O4. The van der Waals surface area contributed by atoms with Gasteiger partial charge in [0.25, 0.3) is 5.56 Å². The first kappa shape index (κ1) is 19.7. The van der Waals surface area contributed by atoms with Gasteiger partial charge in [0.1, 0.15) is 6.04 Å². The van der Waals surface area contributed by atoms with E-state index in [9.17, 15) is 14.4 Å². The lowest BCUT2D eigenvalue weighted by molar-refractivity contribution is -0.145. The SMILES string of the molecule is COC(=O)C(CC(C)C)NC(=O)Cc1c(C)nc2c(c1C)c(=O)[nH]n2C. The minimum Gasteiger partial charge on any atom is -0.467 e. The van der Waals surface area contributed by atoms with Gasteiger partial charge in [-0.25, -0.2) is 9.78 Å². The molecule has 26 heavy (non-hydrogen) atoms. The topological polar surface area (TPSA) is 106 Å². The van der Waals surface area contributed by atoms with Crippen molar-refractivity contribution in [3.05, 3.63) is 27.2 Å². The summed E-state index contributed by atoms with van der Waals surface area (Å²) in [6, 6.07) is -0.690. The van der Waals surface area contributed by atoms with Crippen LogP contribution >= 0.6 is 0 Å². The summed E-state index contributed by atoms with van der Waals surface area (Å²) in [6.07, 6.45) is 0.534. The predicted octanol–water partition coefficient (Wildman–Crippen LogP) is 1.12. The number of aromatic nitrogens is 3. The number of nitrogens with zero attached hydrogens (tertiary/aromatic N) is 2. The Morgan fingerprint density at radius 2 is 1.96 bits per heavy atom. The highest BCUT2D eigenvalue weighted by Crippen LogP contribution is 2.20. The van der Waals surface area contributed by atoms with E-state index in [0.29, 0.717) is 28.7 Å². The normalized spacial score (nSPS) is 12.4. The number of aryl methyl sites for hydroxylation is 3. The summed E-state index contributed by atoms with van der Waals surface area (Å²) in [5.41, 5.74) is 2.42. The number of hydrogen-bond donors (Lipinski definition) is 2. The van der Waals surface area contributed by atoms with Crippen molar-refractivity contribution < 1.29 is 14.3 Å². The Balaban J connectivity index is 2.29. The molecule has 0 aliphatic carbocycles. The predicted molar refractivity (Wildman–Crippen MR) is 97.9 cm³/mol. The Labute approximate surface area is 151 Å². The van der Waals surface area contributed by atoms with Crippen LogP contribution in [0.5, 0.6) is 0 Å². The molecule has 1 atom stereocenters. The molecule has 0 spiro atoms. The van der Waals surface area contributed by atoms with Gasteiger partial charge in [0, 0.05) is 12.7 Å². The van der Waals surface area contributed by atoms with Crippen LogP contribution < -0.4 is 10.9 Å². The summed E-state index contributed by atoms with van der Waals surface area (Å²) in [7, 11) is 3.02. The van der Waals surface area contributed by atoms with Crippen LogP contribution in [0.25, 0.3) is 11.0 Å². The second kappa shape index (κ2) is 7.72. The number of H-pyrrole nitrogens is 1. The van der Waals surface area contributed by atoms with Gasteiger partial charge in [0.2, 0.25) is 5.91 Å². The Morgan fingerprint density at radius 1 is 1.31 bits per heavy atom. The molecule has 0 aromatic carbocycles. The zero-order valence-electron chi connectivity index (χ0n) is 16.1. The number of nitrogens with one attached hydrogen (secondary N) is 2. The number of carbonyl (C=O) groups excluding carboxylic acids is 2. The van der Waals surface area contributed by atoms with Crippen LogP contribution in [0.4, 0.5) is 0 Å². The maximum absolute atomic E-state index is 12.5. The van der Waals surface area contributed by atoms with E-state index < -0.39 is 12.0 Å². The van der Waals surface area contributed by atoms with Gasteiger partial charge in [-0.15, -0.1) is 0 Å². The molecule has 8 heteroatoms. The van der Waals surface area contributed by atoms with Gasteiger partial charge < -0.3 is 10.1 Å². The Hall–Kier alpha value is -2.64. The van der Waals surface area contributed by atoms with E-state index in [2.05, 4.69) is 15.4 Å². The summed E-state index contributed by atoms with van der Waals surface area (Å²) in [6.45, 7) is 7.55. The molecule has 142 valence electrons. The zero-order valence-corrected chi connectivity index (χ0v) is 16.1. The molecule has 0 radical (unpaired) electrons. The number of ether oxygens (including phenoxy) is 1. The first-order valence-electron chi connectivity index (χ1n) is 8.57. The fourth-order valence-corrected chi connectivity index (χ4v) is 3.14. The number of pyridine rings is 1. The number of fused-ring (bicyclic) bond motifs is 1. The fourth-order valence-electron chi connectivity index (χ4n) is 3.14. The lowest BCUT2D eigenvalue weighted by Gasteiger charge is -2.19. The zero-order chi connectivity index (χ0) is 19.6. The lowest BCUT2D eigenvalue weighted by atomic mass is 10.0. The van der Waals surface area contributed by atoms with Crippen molar-refractivity contribution in [2.24, 2.45) is 13.0 Å². The van der Waals surface area contributed by atoms with Crippen LogP contribution in [0.3, 0.4) is 0 Å². The van der Waals surface area contributed by atoms with E-state index in [-0.39, 0.29) is 23.8 Å². The second-order valence-corrected chi connectivity index (χ2v) is 6.95. The monoisotopic (exact) mass is 362 g/mol. The molecule has 8 nitrogen and oxygen atoms in total. The molecule has 0 aliphatic heterocycles. The maximum atomic E-state index is 12.5. The smallest absolute Gasteiger partial charge is 0.328 e. The van der Waals surface area contributed by atoms with Gasteiger partial charge in [0.05, 0.1) is 18.9 Å². The highest BCUT2D eigenvalue weighted by atomic mass is 16.5. The highest BCUT2D eigenvalue weighted by Gasteiger charge is 2.24. The van der Waals surface area contributed by atoms with Gasteiger partial charge >= 0.3 is 5.97 Å². The van der Waals surface area contributed by atoms with Crippen LogP contribution in [-0.4, -0.2) is 39.8 Å². The Morgan fingerprint density at radius 3 is 2.54 bits per heavy atom. The van der Waals surface area contributed by atoms with Gasteiger partial charge in [-0.2, -0.15) is 0 Å². The van der Waals surface area contributed by atoms with Crippen molar-refractivity contribution in [3.63, 3.8) is 0 Å². The van der Waals surface area contributed by atoms with Crippen molar-refractivity contribution in [2.45, 2.75) is 46.6 Å². The summed E-state index contributed by atoms with van der Waals surface area (Å²) >= 11 is 0. The summed E-state index contributed by atoms with van der Waals surface area (Å²) in [5, 5.41) is 5.89. The van der Waals surface area contributed by atoms with Crippen LogP contribution in [0, 0.1) is 19.8 Å². The van der Waals surface area contributed by atoms with Crippen molar-refractivity contribution in [3.8, 4) is 0 Å². The number of amides is 1. The fraction of sp³-hybridized carbons (Fsp3) is 0.556. The average molecular weight is 362 g/mol. The van der Waals surface area contributed by atoms with Crippen molar-refractivity contribution in [1.29, 1.82) is 0 Å². The van der Waals surface area contributed by atoms with Crippen LogP contribution in [0.15, 0.2) is 4.79 Å². The number of aromatic amines is 1. The minimum absolute atomic E-state index is 0.0422. The van der Waals surface area contributed by atoms with Gasteiger partial charge in [-0.3, -0.25) is 19.4 Å². The molecule has 2 aromatic heterocycles. The Bertz CT molecular complexity index is 895. The third-order valence-electron chi connectivity index (χ3n) is 4.44. The van der Waals surface area contributed by atoms with E-state index in [4.69, 9.17) is 4.74 Å². The molecule has 0 bridgehead atoms. The molecule has 1 unspecified atom stereocenters. The van der Waals surface area contributed by atoms with Gasteiger partial charge in [-0.1, -0.05) is 13.8 Å². The highest BCUT2D eigenvalue weighted by molar-refractivity contribution is 5.87. The largest absolute Gasteiger partial charge is 0.467 e. The third-order valence-corrected chi connectivity index (χ3v) is 4.44. The molecule has 2 aromatic rings. The molecule has 2 N–H and O–H groups in total. The summed E-state index contributed by atoms with van der Waals surface area (Å²) < 4.78 is 6.34. The van der Waals surface area contributed by atoms with E-state index in [0.717, 1.165) is 5.56 Å². The number of esters is 1. The van der Waals surface area contributed by atoms with E-state index in [1.54, 1.807) is 25.6 Å². The molecular weight excluding hydrogens is 336 g/mol. The standard InChI is InChI=1S/C18H26N4O4/c1-9(2)7-13(18(25)26-6)20-14(23)8-12-10(3)15-16(19-11(12)4)22(5)21-17(15)24/h9,13H,7-8H2,1-6H3,(H,20,23)(H,21,24). The molecule has 1 amide bonds. The van der Waals surface area contributed by atoms with Gasteiger partial charge in [0.15, 0.2) is 5.65 Å². The van der Waals surface area contributed by atoms with E-state index >= 15 is 0 Å². The van der Waals surface area contributed by atoms with Crippen LogP contribution in [0.1, 0.15) is 37.1 Å². The maximum Gasteiger partial charge on any atom is 0.328 e. The number of rotatable bonds is 6. The van der Waals surface area contributed by atoms with Crippen molar-refractivity contribution in [2.75, 3.05) is 7.11 Å². The van der Waals surface area contributed by atoms with Crippen LogP contribution in [-0.2, 0) is 27.8 Å². The van der Waals surface area contributed by atoms with Crippen molar-refractivity contribution in [1.82, 2.24) is 20.1 Å². The summed E-state index contributed by atoms with van der Waals surface area (Å²) in [5.74, 6) is -0.543. The molecule has 2 heterocycles. The average Bonchev–Trinajstić information content (AvgIpc) is 2.83. The first-order valence-corrected chi connectivity index (χ1v) is 8.57. The number of hydrogen-bond acceptors (Lipinski definition) is 5. The van der Waals surface area contributed by atoms with E-state index in [1.165, 1.54) is 7.11 Å². The summed E-state index contributed by atoms with van der Waals surface area (Å²) in [4.78, 5) is 41.0. The number of carbonyl (C=O) groups is 2. The molecule has 2 rings (SSSR count). The van der Waals surface area contributed by atoms with Crippen LogP contribution in [0.2, 0.25) is 0 Å². The van der Waals surface area contributed by atoms with Crippen molar-refractivity contribution >= 4 is 22.9 Å². The molecule has 0 saturated heterocycles.